The van der Waals surface area contributed by atoms with Gasteiger partial charge in [0.25, 0.3) is 0 Å². The van der Waals surface area contributed by atoms with Crippen LogP contribution in [-0.4, -0.2) is 48.8 Å². The van der Waals surface area contributed by atoms with E-state index in [9.17, 15) is 0 Å². The molecule has 0 amide bonds. The molecule has 0 unspecified atom stereocenters. The van der Waals surface area contributed by atoms with Crippen LogP contribution in [0.1, 0.15) is 41.9 Å². The first-order valence-electron chi connectivity index (χ1n) is 11.7. The van der Waals surface area contributed by atoms with Crippen molar-refractivity contribution in [1.82, 2.24) is 10.2 Å². The van der Waals surface area contributed by atoms with Crippen LogP contribution in [-0.2, 0) is 15.3 Å². The van der Waals surface area contributed by atoms with Crippen molar-refractivity contribution in [2.24, 2.45) is 5.92 Å². The minimum absolute atomic E-state index is 0.249. The third kappa shape index (κ3) is 4.44. The molecule has 4 atom stereocenters. The Bertz CT molecular complexity index is 1030. The van der Waals surface area contributed by atoms with Crippen LogP contribution in [0.25, 0.3) is 0 Å². The molecule has 176 valence electrons. The van der Waals surface area contributed by atoms with Gasteiger partial charge in [0.05, 0.1) is 34.8 Å². The highest BCUT2D eigenvalue weighted by atomic mass is 35.5. The largest absolute Gasteiger partial charge is 0.374 e. The van der Waals surface area contributed by atoms with Crippen LogP contribution in [0.4, 0.5) is 0 Å². The number of halogens is 2. The van der Waals surface area contributed by atoms with Gasteiger partial charge in [0.1, 0.15) is 0 Å². The van der Waals surface area contributed by atoms with Crippen molar-refractivity contribution >= 4 is 40.4 Å². The molecular weight excluding hydrogens is 475 g/mol. The van der Waals surface area contributed by atoms with E-state index in [-0.39, 0.29) is 5.92 Å². The van der Waals surface area contributed by atoms with Crippen molar-refractivity contribution in [2.75, 3.05) is 26.8 Å². The molecule has 3 fully saturated rings. The molecule has 33 heavy (non-hydrogen) atoms. The van der Waals surface area contributed by atoms with Gasteiger partial charge in [0, 0.05) is 23.6 Å². The number of nitrogens with one attached hydrogen (secondary N) is 1. The summed E-state index contributed by atoms with van der Waals surface area (Å²) in [7, 11) is 2.25. The molecular formula is C26H30Cl2N2O2S. The number of aryl methyl sites for hydroxylation is 1. The number of fused-ring (bicyclic) bond motifs is 2. The first-order valence-corrected chi connectivity index (χ1v) is 12.8. The summed E-state index contributed by atoms with van der Waals surface area (Å²) in [5, 5.41) is 4.56. The number of piperidine rings is 1. The molecule has 3 aliphatic rings. The molecule has 1 N–H and O–H groups in total. The molecule has 2 aromatic carbocycles. The Balaban J connectivity index is 1.39. The summed E-state index contributed by atoms with van der Waals surface area (Å²) >= 11 is 18.5. The zero-order valence-corrected chi connectivity index (χ0v) is 21.3. The monoisotopic (exact) mass is 504 g/mol. The van der Waals surface area contributed by atoms with Gasteiger partial charge in [-0.15, -0.1) is 0 Å². The molecule has 2 bridgehead atoms. The number of rotatable bonds is 5. The summed E-state index contributed by atoms with van der Waals surface area (Å²) in [6.45, 7) is 3.62. The second-order valence-corrected chi connectivity index (χ2v) is 10.8. The van der Waals surface area contributed by atoms with E-state index in [0.717, 1.165) is 17.0 Å². The standard InChI is InChI=1S/C26H30Cl2N2O2S/c1-16-3-5-17(6-4-16)20-14-19-8-10-23(30(19)2)24(20)25(33)29-15-26(31-11-12-32-26)18-7-9-21(27)22(28)13-18/h3-7,9,13,19-20,23-24H,8,10-12,14-15H2,1-2H3,(H,29,33)/t19-,20+,23+,24-/m0/s1. The summed E-state index contributed by atoms with van der Waals surface area (Å²) < 4.78 is 12.2. The van der Waals surface area contributed by atoms with E-state index in [2.05, 4.69) is 48.5 Å². The number of nitrogens with zero attached hydrogens (tertiary/aromatic N) is 1. The fraction of sp³-hybridized carbons (Fsp3) is 0.500. The summed E-state index contributed by atoms with van der Waals surface area (Å²) in [4.78, 5) is 3.43. The molecule has 3 aliphatic heterocycles. The molecule has 0 aliphatic carbocycles. The molecule has 3 saturated heterocycles. The van der Waals surface area contributed by atoms with Crippen LogP contribution < -0.4 is 5.32 Å². The predicted octanol–water partition coefficient (Wildman–Crippen LogP) is 5.68. The minimum Gasteiger partial charge on any atom is -0.374 e. The normalized spacial score (nSPS) is 28.7. The molecule has 0 radical (unpaired) electrons. The van der Waals surface area contributed by atoms with Gasteiger partial charge < -0.3 is 14.8 Å². The molecule has 5 rings (SSSR count). The molecule has 0 saturated carbocycles. The maximum absolute atomic E-state index is 6.30. The highest BCUT2D eigenvalue weighted by molar-refractivity contribution is 7.80. The Labute approximate surface area is 211 Å². The smallest absolute Gasteiger partial charge is 0.213 e. The van der Waals surface area contributed by atoms with Gasteiger partial charge in [0.15, 0.2) is 0 Å². The van der Waals surface area contributed by atoms with Gasteiger partial charge in [-0.1, -0.05) is 71.3 Å². The molecule has 2 aromatic rings. The Morgan fingerprint density at radius 2 is 1.82 bits per heavy atom. The molecule has 0 aromatic heterocycles. The first kappa shape index (κ1) is 23.5. The molecule has 4 nitrogen and oxygen atoms in total. The highest BCUT2D eigenvalue weighted by Crippen LogP contribution is 2.47. The van der Waals surface area contributed by atoms with E-state index < -0.39 is 5.79 Å². The summed E-state index contributed by atoms with van der Waals surface area (Å²) in [6.07, 6.45) is 3.55. The summed E-state index contributed by atoms with van der Waals surface area (Å²) in [5.74, 6) is -0.263. The quantitative estimate of drug-likeness (QED) is 0.529. The zero-order chi connectivity index (χ0) is 23.2. The SMILES string of the molecule is Cc1ccc([C@H]2C[C@@H]3CC[C@H]([C@H]2C(=S)NCC2(c4ccc(Cl)c(Cl)c4)OCCO2)N3C)cc1. The van der Waals surface area contributed by atoms with Crippen molar-refractivity contribution in [2.45, 2.75) is 50.0 Å². The molecule has 7 heteroatoms. The van der Waals surface area contributed by atoms with E-state index in [1.54, 1.807) is 6.07 Å². The fourth-order valence-electron chi connectivity index (χ4n) is 5.86. The Hall–Kier alpha value is -1.21. The van der Waals surface area contributed by atoms with E-state index in [0.29, 0.717) is 47.8 Å². The van der Waals surface area contributed by atoms with Crippen LogP contribution in [0.2, 0.25) is 10.0 Å². The van der Waals surface area contributed by atoms with Crippen molar-refractivity contribution in [1.29, 1.82) is 0 Å². The van der Waals surface area contributed by atoms with Crippen LogP contribution in [0.3, 0.4) is 0 Å². The van der Waals surface area contributed by atoms with Crippen LogP contribution >= 0.6 is 35.4 Å². The fourth-order valence-corrected chi connectivity index (χ4v) is 6.55. The third-order valence-corrected chi connectivity index (χ3v) is 8.84. The van der Waals surface area contributed by atoms with Gasteiger partial charge in [-0.3, -0.25) is 4.90 Å². The summed E-state index contributed by atoms with van der Waals surface area (Å²) in [5.41, 5.74) is 3.51. The maximum Gasteiger partial charge on any atom is 0.213 e. The Morgan fingerprint density at radius 3 is 2.52 bits per heavy atom. The maximum atomic E-state index is 6.30. The average Bonchev–Trinajstić information content (AvgIpc) is 3.37. The Morgan fingerprint density at radius 1 is 1.09 bits per heavy atom. The van der Waals surface area contributed by atoms with E-state index >= 15 is 0 Å². The number of hydrogen-bond donors (Lipinski definition) is 1. The van der Waals surface area contributed by atoms with Gasteiger partial charge in [-0.05, 0) is 56.8 Å². The van der Waals surface area contributed by atoms with Gasteiger partial charge in [-0.2, -0.15) is 0 Å². The highest BCUT2D eigenvalue weighted by Gasteiger charge is 2.48. The lowest BCUT2D eigenvalue weighted by molar-refractivity contribution is -0.159. The Kier molecular flexibility index (Phi) is 6.73. The number of ether oxygens (including phenoxy) is 2. The van der Waals surface area contributed by atoms with Crippen molar-refractivity contribution in [3.63, 3.8) is 0 Å². The third-order valence-electron chi connectivity index (χ3n) is 7.69. The zero-order valence-electron chi connectivity index (χ0n) is 19.0. The second kappa shape index (κ2) is 9.44. The second-order valence-electron chi connectivity index (χ2n) is 9.54. The lowest BCUT2D eigenvalue weighted by atomic mass is 9.76. The minimum atomic E-state index is -0.920. The number of hydrogen-bond acceptors (Lipinski definition) is 4. The van der Waals surface area contributed by atoms with Crippen LogP contribution in [0, 0.1) is 12.8 Å². The predicted molar refractivity (Wildman–Crippen MR) is 137 cm³/mol. The number of benzene rings is 2. The summed E-state index contributed by atoms with van der Waals surface area (Å²) in [6, 6.07) is 15.6. The van der Waals surface area contributed by atoms with Crippen LogP contribution in [0.15, 0.2) is 42.5 Å². The van der Waals surface area contributed by atoms with Crippen LogP contribution in [0.5, 0.6) is 0 Å². The number of thiocarbonyl (C=S) groups is 1. The van der Waals surface area contributed by atoms with Gasteiger partial charge in [-0.25, -0.2) is 0 Å². The molecule has 0 spiro atoms. The first-order chi connectivity index (χ1) is 15.9. The van der Waals surface area contributed by atoms with Gasteiger partial charge >= 0.3 is 0 Å². The van der Waals surface area contributed by atoms with E-state index in [1.165, 1.54) is 24.0 Å². The van der Waals surface area contributed by atoms with Crippen molar-refractivity contribution in [3.8, 4) is 0 Å². The lowest BCUT2D eigenvalue weighted by Gasteiger charge is -2.44. The lowest BCUT2D eigenvalue weighted by Crippen LogP contribution is -2.52. The van der Waals surface area contributed by atoms with E-state index in [1.807, 2.05) is 12.1 Å². The van der Waals surface area contributed by atoms with Crippen molar-refractivity contribution in [3.05, 3.63) is 69.2 Å². The average molecular weight is 506 g/mol. The molecule has 3 heterocycles. The van der Waals surface area contributed by atoms with E-state index in [4.69, 9.17) is 44.9 Å². The van der Waals surface area contributed by atoms with Crippen molar-refractivity contribution < 1.29 is 9.47 Å². The topological polar surface area (TPSA) is 33.7 Å². The van der Waals surface area contributed by atoms with Gasteiger partial charge in [0.2, 0.25) is 5.79 Å².